The van der Waals surface area contributed by atoms with Gasteiger partial charge in [-0.15, -0.1) is 0 Å². The summed E-state index contributed by atoms with van der Waals surface area (Å²) in [4.78, 5) is 0. The Morgan fingerprint density at radius 3 is 2.45 bits per heavy atom. The Balaban J connectivity index is 3.17. The smallest absolute Gasteiger partial charge is 0.138 e. The molecular formula is C8H9BrFP. The van der Waals surface area contributed by atoms with Crippen molar-refractivity contribution in [1.82, 2.24) is 0 Å². The topological polar surface area (TPSA) is 0 Å². The first-order valence-corrected chi connectivity index (χ1v) is 6.27. The van der Waals surface area contributed by atoms with Gasteiger partial charge in [0.1, 0.15) is 5.82 Å². The van der Waals surface area contributed by atoms with E-state index in [1.165, 1.54) is 6.07 Å². The van der Waals surface area contributed by atoms with Crippen molar-refractivity contribution in [3.05, 3.63) is 28.5 Å². The minimum atomic E-state index is -0.219. The molecule has 0 radical (unpaired) electrons. The second-order valence-corrected chi connectivity index (χ2v) is 5.53. The van der Waals surface area contributed by atoms with Crippen molar-refractivity contribution in [3.8, 4) is 0 Å². The minimum Gasteiger partial charge on any atom is -0.206 e. The Hall–Kier alpha value is 0.0600. The molecule has 0 bridgehead atoms. The van der Waals surface area contributed by atoms with Crippen molar-refractivity contribution in [3.63, 3.8) is 0 Å². The summed E-state index contributed by atoms with van der Waals surface area (Å²) < 4.78 is 13.5. The van der Waals surface area contributed by atoms with Crippen LogP contribution in [-0.4, -0.2) is 13.3 Å². The summed E-state index contributed by atoms with van der Waals surface area (Å²) in [6.07, 6.45) is 0. The SMILES string of the molecule is CP(C)c1cccc(F)c1Br. The van der Waals surface area contributed by atoms with Crippen molar-refractivity contribution in [1.29, 1.82) is 0 Å². The molecule has 0 heterocycles. The van der Waals surface area contributed by atoms with Crippen LogP contribution < -0.4 is 5.30 Å². The van der Waals surface area contributed by atoms with Crippen LogP contribution in [0.2, 0.25) is 0 Å². The Labute approximate surface area is 75.7 Å². The van der Waals surface area contributed by atoms with Crippen molar-refractivity contribution in [2.24, 2.45) is 0 Å². The number of hydrogen-bond acceptors (Lipinski definition) is 0. The van der Waals surface area contributed by atoms with Crippen molar-refractivity contribution in [2.45, 2.75) is 0 Å². The molecule has 11 heavy (non-hydrogen) atoms. The molecule has 1 rings (SSSR count). The van der Waals surface area contributed by atoms with Crippen LogP contribution in [0.3, 0.4) is 0 Å². The van der Waals surface area contributed by atoms with Gasteiger partial charge in [-0.05, 0) is 40.6 Å². The van der Waals surface area contributed by atoms with Gasteiger partial charge in [0.2, 0.25) is 0 Å². The van der Waals surface area contributed by atoms with E-state index in [4.69, 9.17) is 0 Å². The largest absolute Gasteiger partial charge is 0.206 e. The van der Waals surface area contributed by atoms with Gasteiger partial charge in [0.15, 0.2) is 0 Å². The molecule has 60 valence electrons. The van der Waals surface area contributed by atoms with E-state index in [9.17, 15) is 4.39 Å². The van der Waals surface area contributed by atoms with Crippen molar-refractivity contribution >= 4 is 29.2 Å². The fourth-order valence-corrected chi connectivity index (χ4v) is 3.05. The standard InChI is InChI=1S/C8H9BrFP/c1-11(2)7-5-3-4-6(10)8(7)9/h3-5H,1-2H3. The zero-order valence-electron chi connectivity index (χ0n) is 6.44. The van der Waals surface area contributed by atoms with E-state index in [1.807, 2.05) is 6.07 Å². The number of benzene rings is 1. The highest BCUT2D eigenvalue weighted by Gasteiger charge is 2.06. The molecule has 0 saturated carbocycles. The maximum absolute atomic E-state index is 12.9. The minimum absolute atomic E-state index is 0.168. The van der Waals surface area contributed by atoms with E-state index in [0.717, 1.165) is 5.30 Å². The summed E-state index contributed by atoms with van der Waals surface area (Å²) in [5, 5.41) is 1.08. The molecule has 1 aromatic rings. The predicted octanol–water partition coefficient (Wildman–Crippen LogP) is 2.96. The lowest BCUT2D eigenvalue weighted by Gasteiger charge is -2.08. The Bertz CT molecular complexity index is 260. The van der Waals surface area contributed by atoms with E-state index >= 15 is 0 Å². The highest BCUT2D eigenvalue weighted by atomic mass is 79.9. The Kier molecular flexibility index (Phi) is 3.03. The lowest BCUT2D eigenvalue weighted by molar-refractivity contribution is 0.622. The summed E-state index contributed by atoms with van der Waals surface area (Å²) >= 11 is 3.22. The molecule has 0 amide bonds. The predicted molar refractivity (Wildman–Crippen MR) is 52.5 cm³/mol. The van der Waals surface area contributed by atoms with Gasteiger partial charge in [0, 0.05) is 0 Å². The number of halogens is 2. The van der Waals surface area contributed by atoms with Crippen LogP contribution in [0.25, 0.3) is 0 Å². The van der Waals surface area contributed by atoms with Crippen LogP contribution in [0.15, 0.2) is 22.7 Å². The molecule has 0 aliphatic carbocycles. The number of hydrogen-bond donors (Lipinski definition) is 0. The van der Waals surface area contributed by atoms with E-state index in [1.54, 1.807) is 6.07 Å². The van der Waals surface area contributed by atoms with Gasteiger partial charge in [-0.2, -0.15) is 0 Å². The molecule has 0 aromatic heterocycles. The zero-order chi connectivity index (χ0) is 8.43. The van der Waals surface area contributed by atoms with Gasteiger partial charge in [-0.3, -0.25) is 0 Å². The molecule has 0 saturated heterocycles. The highest BCUT2D eigenvalue weighted by Crippen LogP contribution is 2.29. The fourth-order valence-electron chi connectivity index (χ4n) is 0.838. The third kappa shape index (κ3) is 2.00. The molecule has 0 N–H and O–H groups in total. The normalized spacial score (nSPS) is 10.6. The molecule has 3 heteroatoms. The second-order valence-electron chi connectivity index (χ2n) is 2.47. The van der Waals surface area contributed by atoms with Gasteiger partial charge in [0.05, 0.1) is 4.47 Å². The third-order valence-corrected chi connectivity index (χ3v) is 3.86. The van der Waals surface area contributed by atoms with Gasteiger partial charge in [-0.25, -0.2) is 4.39 Å². The van der Waals surface area contributed by atoms with Gasteiger partial charge in [-0.1, -0.05) is 20.1 Å². The lowest BCUT2D eigenvalue weighted by atomic mass is 10.3. The second kappa shape index (κ2) is 3.64. The molecule has 0 aliphatic rings. The quantitative estimate of drug-likeness (QED) is 0.656. The summed E-state index contributed by atoms with van der Waals surface area (Å²) in [7, 11) is -0.219. The molecule has 0 aliphatic heterocycles. The van der Waals surface area contributed by atoms with Gasteiger partial charge in [0.25, 0.3) is 0 Å². The third-order valence-electron chi connectivity index (χ3n) is 1.41. The number of rotatable bonds is 1. The first-order valence-electron chi connectivity index (χ1n) is 3.24. The summed E-state index contributed by atoms with van der Waals surface area (Å²) in [5.41, 5.74) is 0. The van der Waals surface area contributed by atoms with E-state index in [2.05, 4.69) is 29.3 Å². The molecule has 0 spiro atoms. The van der Waals surface area contributed by atoms with Crippen LogP contribution in [0.5, 0.6) is 0 Å². The van der Waals surface area contributed by atoms with E-state index in [-0.39, 0.29) is 13.7 Å². The maximum Gasteiger partial charge on any atom is 0.138 e. The van der Waals surface area contributed by atoms with Crippen LogP contribution in [0.4, 0.5) is 4.39 Å². The first kappa shape index (κ1) is 9.15. The molecule has 0 nitrogen and oxygen atoms in total. The van der Waals surface area contributed by atoms with Crippen LogP contribution in [0.1, 0.15) is 0 Å². The average Bonchev–Trinajstić information content (AvgIpc) is 1.94. The molecule has 1 aromatic carbocycles. The monoisotopic (exact) mass is 234 g/mol. The maximum atomic E-state index is 12.9. The molecule has 0 fully saturated rings. The Morgan fingerprint density at radius 1 is 1.36 bits per heavy atom. The first-order chi connectivity index (χ1) is 5.13. The van der Waals surface area contributed by atoms with E-state index < -0.39 is 0 Å². The van der Waals surface area contributed by atoms with Crippen LogP contribution >= 0.6 is 23.9 Å². The van der Waals surface area contributed by atoms with Gasteiger partial charge < -0.3 is 0 Å². The summed E-state index contributed by atoms with van der Waals surface area (Å²) in [6, 6.07) is 5.17. The summed E-state index contributed by atoms with van der Waals surface area (Å²) in [6.45, 7) is 4.21. The van der Waals surface area contributed by atoms with Crippen LogP contribution in [0, 0.1) is 5.82 Å². The average molecular weight is 235 g/mol. The fraction of sp³-hybridized carbons (Fsp3) is 0.250. The molecule has 0 atom stereocenters. The van der Waals surface area contributed by atoms with Crippen molar-refractivity contribution in [2.75, 3.05) is 13.3 Å². The molecule has 0 unspecified atom stereocenters. The van der Waals surface area contributed by atoms with E-state index in [0.29, 0.717) is 4.47 Å². The van der Waals surface area contributed by atoms with Gasteiger partial charge >= 0.3 is 0 Å². The molecular weight excluding hydrogens is 226 g/mol. The highest BCUT2D eigenvalue weighted by molar-refractivity contribution is 9.10. The zero-order valence-corrected chi connectivity index (χ0v) is 8.92. The Morgan fingerprint density at radius 2 is 2.00 bits per heavy atom. The lowest BCUT2D eigenvalue weighted by Crippen LogP contribution is -2.02. The van der Waals surface area contributed by atoms with Crippen molar-refractivity contribution < 1.29 is 4.39 Å². The summed E-state index contributed by atoms with van der Waals surface area (Å²) in [5.74, 6) is -0.168. The van der Waals surface area contributed by atoms with Crippen LogP contribution in [-0.2, 0) is 0 Å².